The number of benzene rings is 1. The number of alkyl halides is 3. The van der Waals surface area contributed by atoms with Crippen LogP contribution in [0.2, 0.25) is 0 Å². The van der Waals surface area contributed by atoms with Gasteiger partial charge in [0.25, 0.3) is 0 Å². The number of ether oxygens (including phenoxy) is 1. The van der Waals surface area contributed by atoms with Crippen LogP contribution in [0.1, 0.15) is 5.56 Å². The molecule has 1 aromatic rings. The normalized spacial score (nSPS) is 10.1. The van der Waals surface area contributed by atoms with Crippen molar-refractivity contribution in [1.29, 1.82) is 0 Å². The Morgan fingerprint density at radius 3 is 2.17 bits per heavy atom. The molecular formula is C13H14BF3N2O5. The van der Waals surface area contributed by atoms with Gasteiger partial charge in [-0.3, -0.25) is 14.9 Å². The molecule has 0 fully saturated rings. The quantitative estimate of drug-likeness (QED) is 0.304. The minimum absolute atomic E-state index is 0.0209. The zero-order valence-electron chi connectivity index (χ0n) is 12.3. The largest absolute Gasteiger partial charge is 0.490 e. The molecule has 0 saturated heterocycles. The molecule has 0 unspecified atom stereocenters. The second-order valence-electron chi connectivity index (χ2n) is 4.09. The van der Waals surface area contributed by atoms with Crippen LogP contribution in [0.15, 0.2) is 30.3 Å². The maximum Gasteiger partial charge on any atom is 0.490 e. The van der Waals surface area contributed by atoms with E-state index in [0.29, 0.717) is 0 Å². The highest BCUT2D eigenvalue weighted by atomic mass is 19.4. The van der Waals surface area contributed by atoms with Gasteiger partial charge < -0.3 is 15.2 Å². The van der Waals surface area contributed by atoms with E-state index < -0.39 is 18.0 Å². The Hall–Kier alpha value is -2.56. The molecule has 2 radical (unpaired) electrons. The van der Waals surface area contributed by atoms with Crippen molar-refractivity contribution >= 4 is 25.6 Å². The van der Waals surface area contributed by atoms with Crippen molar-refractivity contribution in [3.8, 4) is 0 Å². The third-order valence-electron chi connectivity index (χ3n) is 2.14. The lowest BCUT2D eigenvalue weighted by Gasteiger charge is -2.06. The van der Waals surface area contributed by atoms with Crippen LogP contribution in [0.3, 0.4) is 0 Å². The highest BCUT2D eigenvalue weighted by Gasteiger charge is 2.38. The van der Waals surface area contributed by atoms with Crippen LogP contribution in [-0.2, 0) is 20.9 Å². The van der Waals surface area contributed by atoms with Gasteiger partial charge in [-0.15, -0.1) is 0 Å². The number of carboxylic acids is 1. The van der Waals surface area contributed by atoms with Crippen LogP contribution in [0.25, 0.3) is 0 Å². The average Bonchev–Trinajstić information content (AvgIpc) is 2.50. The van der Waals surface area contributed by atoms with Gasteiger partial charge in [0.05, 0.1) is 13.2 Å². The number of rotatable bonds is 6. The zero-order chi connectivity index (χ0) is 18.6. The van der Waals surface area contributed by atoms with Crippen LogP contribution >= 0.6 is 0 Å². The molecule has 1 amide bonds. The third kappa shape index (κ3) is 12.0. The molecular weight excluding hydrogens is 332 g/mol. The molecule has 0 bridgehead atoms. The molecule has 0 spiro atoms. The van der Waals surface area contributed by atoms with Crippen LogP contribution < -0.4 is 10.6 Å². The van der Waals surface area contributed by atoms with Crippen LogP contribution in [0.4, 0.5) is 18.0 Å². The minimum Gasteiger partial charge on any atom is -0.475 e. The summed E-state index contributed by atoms with van der Waals surface area (Å²) in [5.74, 6) is -3.79. The molecule has 0 aromatic heterocycles. The molecule has 24 heavy (non-hydrogen) atoms. The number of nitrogens with one attached hydrogen (secondary N) is 2. The summed E-state index contributed by atoms with van der Waals surface area (Å²) in [6, 6.07) is 9.38. The number of hydrogen-bond acceptors (Lipinski definition) is 5. The third-order valence-corrected chi connectivity index (χ3v) is 2.14. The molecule has 0 aliphatic carbocycles. The second kappa shape index (κ2) is 11.1. The molecule has 1 rings (SSSR count). The van der Waals surface area contributed by atoms with E-state index in [1.54, 1.807) is 0 Å². The van der Waals surface area contributed by atoms with E-state index in [-0.39, 0.29) is 25.8 Å². The van der Waals surface area contributed by atoms with E-state index in [1.807, 2.05) is 30.3 Å². The van der Waals surface area contributed by atoms with E-state index in [9.17, 15) is 22.8 Å². The molecule has 0 aliphatic rings. The van der Waals surface area contributed by atoms with Crippen molar-refractivity contribution in [2.24, 2.45) is 0 Å². The number of halogens is 3. The Balaban J connectivity index is 0.000000640. The first-order valence-electron chi connectivity index (χ1n) is 6.36. The molecule has 7 nitrogen and oxygen atoms in total. The predicted molar refractivity (Wildman–Crippen MR) is 77.1 cm³/mol. The minimum atomic E-state index is -5.08. The Morgan fingerprint density at radius 1 is 1.17 bits per heavy atom. The first kappa shape index (κ1) is 21.4. The van der Waals surface area contributed by atoms with E-state index in [0.717, 1.165) is 5.56 Å². The highest BCUT2D eigenvalue weighted by molar-refractivity contribution is 6.57. The fourth-order valence-electron chi connectivity index (χ4n) is 1.10. The number of carbonyl (C=O) groups is 3. The molecule has 1 aromatic carbocycles. The summed E-state index contributed by atoms with van der Waals surface area (Å²) in [5.41, 5.74) is 0.927. The summed E-state index contributed by atoms with van der Waals surface area (Å²) in [5, 5.41) is 12.1. The fourth-order valence-corrected chi connectivity index (χ4v) is 1.10. The van der Waals surface area contributed by atoms with Gasteiger partial charge in [-0.1, -0.05) is 30.3 Å². The maximum absolute atomic E-state index is 11.2. The zero-order valence-corrected chi connectivity index (χ0v) is 12.3. The summed E-state index contributed by atoms with van der Waals surface area (Å²) >= 11 is 0. The van der Waals surface area contributed by atoms with Crippen molar-refractivity contribution < 1.29 is 37.4 Å². The standard InChI is InChI=1S/C11H13BN2O3.C2HF3O2/c12-11(16)14-8-13-6-10(15)17-7-9-4-2-1-3-5-9;3-2(4,5)1(6)7/h1-5,13H,6-8H2,(H,14,16);(H,6,7). The van der Waals surface area contributed by atoms with Crippen molar-refractivity contribution in [3.63, 3.8) is 0 Å². The Labute approximate surface area is 136 Å². The maximum atomic E-state index is 11.2. The number of esters is 1. The van der Waals surface area contributed by atoms with Crippen molar-refractivity contribution in [3.05, 3.63) is 35.9 Å². The van der Waals surface area contributed by atoms with Crippen LogP contribution in [-0.4, -0.2) is 50.1 Å². The van der Waals surface area contributed by atoms with Gasteiger partial charge in [0, 0.05) is 0 Å². The van der Waals surface area contributed by atoms with Crippen molar-refractivity contribution in [1.82, 2.24) is 10.6 Å². The number of amides is 1. The fraction of sp³-hybridized carbons (Fsp3) is 0.308. The van der Waals surface area contributed by atoms with Crippen LogP contribution in [0.5, 0.6) is 0 Å². The molecule has 0 saturated carbocycles. The average molecular weight is 346 g/mol. The van der Waals surface area contributed by atoms with E-state index in [4.69, 9.17) is 22.5 Å². The highest BCUT2D eigenvalue weighted by Crippen LogP contribution is 2.13. The second-order valence-corrected chi connectivity index (χ2v) is 4.09. The topological polar surface area (TPSA) is 105 Å². The molecule has 3 N–H and O–H groups in total. The van der Waals surface area contributed by atoms with Crippen molar-refractivity contribution in [2.45, 2.75) is 12.8 Å². The molecule has 0 aliphatic heterocycles. The molecule has 11 heteroatoms. The van der Waals surface area contributed by atoms with Gasteiger partial charge in [-0.25, -0.2) is 4.79 Å². The first-order valence-corrected chi connectivity index (χ1v) is 6.36. The number of aliphatic carboxylic acids is 1. The van der Waals surface area contributed by atoms with Gasteiger partial charge in [-0.05, 0) is 5.56 Å². The lowest BCUT2D eigenvalue weighted by molar-refractivity contribution is -0.192. The van der Waals surface area contributed by atoms with E-state index in [2.05, 4.69) is 10.6 Å². The Bertz CT molecular complexity index is 540. The summed E-state index contributed by atoms with van der Waals surface area (Å²) in [7, 11) is 4.84. The molecule has 0 heterocycles. The SMILES string of the molecule is O=C(O)C(F)(F)F.[B]C(=O)NCNCC(=O)OCc1ccccc1. The van der Waals surface area contributed by atoms with Crippen LogP contribution in [0, 0.1) is 0 Å². The van der Waals surface area contributed by atoms with Crippen molar-refractivity contribution in [2.75, 3.05) is 13.2 Å². The lowest BCUT2D eigenvalue weighted by Crippen LogP contribution is -2.36. The summed E-state index contributed by atoms with van der Waals surface area (Å²) in [6.07, 6.45) is -5.08. The summed E-state index contributed by atoms with van der Waals surface area (Å²) in [4.78, 5) is 30.4. The number of carboxylic acid groups (broad SMARTS) is 1. The van der Waals surface area contributed by atoms with Gasteiger partial charge in [-0.2, -0.15) is 13.2 Å². The van der Waals surface area contributed by atoms with Gasteiger partial charge in [0.15, 0.2) is 5.81 Å². The first-order chi connectivity index (χ1) is 11.1. The van der Waals surface area contributed by atoms with Gasteiger partial charge >= 0.3 is 18.1 Å². The van der Waals surface area contributed by atoms with E-state index >= 15 is 0 Å². The monoisotopic (exact) mass is 346 g/mol. The summed E-state index contributed by atoms with van der Waals surface area (Å²) in [6.45, 7) is 0.396. The Kier molecular flexibility index (Phi) is 9.88. The smallest absolute Gasteiger partial charge is 0.475 e. The van der Waals surface area contributed by atoms with Gasteiger partial charge in [0.2, 0.25) is 7.85 Å². The Morgan fingerprint density at radius 2 is 1.71 bits per heavy atom. The van der Waals surface area contributed by atoms with Gasteiger partial charge in [0.1, 0.15) is 6.61 Å². The lowest BCUT2D eigenvalue weighted by atomic mass is 10.1. The number of hydrogen-bond donors (Lipinski definition) is 3. The van der Waals surface area contributed by atoms with E-state index in [1.165, 1.54) is 0 Å². The molecule has 0 atom stereocenters. The summed E-state index contributed by atoms with van der Waals surface area (Å²) < 4.78 is 36.7. The number of carbonyl (C=O) groups excluding carboxylic acids is 2. The predicted octanol–water partition coefficient (Wildman–Crippen LogP) is 0.788. The molecule has 130 valence electrons.